The lowest BCUT2D eigenvalue weighted by Gasteiger charge is -2.60. The molecular weight excluding hydrogens is 564 g/mol. The number of aryl methyl sites for hydroxylation is 1. The molecule has 4 aliphatic rings. The van der Waals surface area contributed by atoms with Gasteiger partial charge in [-0.15, -0.1) is 0 Å². The van der Waals surface area contributed by atoms with Crippen molar-refractivity contribution in [2.45, 2.75) is 69.2 Å². The van der Waals surface area contributed by atoms with Crippen molar-refractivity contribution in [1.82, 2.24) is 9.80 Å². The molecule has 2 fully saturated rings. The van der Waals surface area contributed by atoms with Gasteiger partial charge in [-0.25, -0.2) is 0 Å². The number of rotatable bonds is 8. The van der Waals surface area contributed by atoms with Crippen molar-refractivity contribution in [3.05, 3.63) is 101 Å². The summed E-state index contributed by atoms with van der Waals surface area (Å²) in [4.78, 5) is 30.3. The number of esters is 1. The van der Waals surface area contributed by atoms with Gasteiger partial charge in [0.1, 0.15) is 12.2 Å². The average Bonchev–Trinajstić information content (AvgIpc) is 3.39. The van der Waals surface area contributed by atoms with Crippen LogP contribution < -0.4 is 9.47 Å². The van der Waals surface area contributed by atoms with E-state index in [0.717, 1.165) is 54.9 Å². The van der Waals surface area contributed by atoms with Crippen LogP contribution in [0.1, 0.15) is 60.1 Å². The largest absolute Gasteiger partial charge is 0.493 e. The van der Waals surface area contributed by atoms with Crippen molar-refractivity contribution < 1.29 is 23.8 Å². The number of likely N-dealkylation sites (tertiary alicyclic amines) is 1. The molecule has 3 aromatic carbocycles. The molecule has 2 heterocycles. The van der Waals surface area contributed by atoms with E-state index in [2.05, 4.69) is 30.0 Å². The van der Waals surface area contributed by atoms with Crippen LogP contribution in [-0.2, 0) is 26.2 Å². The molecule has 234 valence electrons. The number of ether oxygens (including phenoxy) is 3. The molecule has 7 heteroatoms. The van der Waals surface area contributed by atoms with Gasteiger partial charge in [-0.1, -0.05) is 66.2 Å². The van der Waals surface area contributed by atoms with Gasteiger partial charge in [0.05, 0.1) is 13.2 Å². The van der Waals surface area contributed by atoms with Crippen LogP contribution in [0.25, 0.3) is 6.08 Å². The van der Waals surface area contributed by atoms with Crippen LogP contribution in [0.15, 0.2) is 72.8 Å². The second kappa shape index (κ2) is 11.7. The molecule has 1 amide bonds. The predicted octanol–water partition coefficient (Wildman–Crippen LogP) is 5.89. The minimum atomic E-state index is -0.332. The van der Waals surface area contributed by atoms with E-state index in [1.165, 1.54) is 23.6 Å². The van der Waals surface area contributed by atoms with Crippen LogP contribution in [0.4, 0.5) is 0 Å². The molecule has 1 saturated heterocycles. The SMILES string of the molecule is COc1ccc2c3c1O[C@H]1[C@@H](N(C)C(=O)C=Cc4cccc(C)c4)CC[C@H]4[C@@H](C2)N(CC(OC(C)=O)c2ccccc2)CC[C@@]341. The summed E-state index contributed by atoms with van der Waals surface area (Å²) >= 11 is 0. The molecule has 3 aromatic rings. The zero-order valence-corrected chi connectivity index (χ0v) is 26.6. The predicted molar refractivity (Wildman–Crippen MR) is 173 cm³/mol. The highest BCUT2D eigenvalue weighted by atomic mass is 16.5. The monoisotopic (exact) mass is 606 g/mol. The molecule has 0 radical (unpaired) electrons. The number of methoxy groups -OCH3 is 1. The molecule has 1 spiro atoms. The Labute approximate surface area is 265 Å². The van der Waals surface area contributed by atoms with Crippen LogP contribution in [-0.4, -0.2) is 67.1 Å². The van der Waals surface area contributed by atoms with Crippen molar-refractivity contribution in [2.24, 2.45) is 5.92 Å². The van der Waals surface area contributed by atoms with E-state index in [9.17, 15) is 9.59 Å². The third kappa shape index (κ3) is 5.02. The lowest BCUT2D eigenvalue weighted by molar-refractivity contribution is -0.150. The number of likely N-dealkylation sites (N-methyl/N-ethyl adjacent to an activating group) is 1. The fraction of sp³-hybridized carbons (Fsp3) is 0.421. The second-order valence-electron chi connectivity index (χ2n) is 13.2. The van der Waals surface area contributed by atoms with Crippen molar-refractivity contribution >= 4 is 18.0 Å². The maximum Gasteiger partial charge on any atom is 0.303 e. The minimum Gasteiger partial charge on any atom is -0.493 e. The van der Waals surface area contributed by atoms with Gasteiger partial charge in [0.15, 0.2) is 11.5 Å². The summed E-state index contributed by atoms with van der Waals surface area (Å²) in [6.07, 6.45) is 6.78. The Morgan fingerprint density at radius 1 is 1.11 bits per heavy atom. The van der Waals surface area contributed by atoms with Crippen LogP contribution in [0.2, 0.25) is 0 Å². The third-order valence-electron chi connectivity index (χ3n) is 10.8. The highest BCUT2D eigenvalue weighted by molar-refractivity contribution is 5.92. The summed E-state index contributed by atoms with van der Waals surface area (Å²) in [5, 5.41) is 0. The number of carbonyl (C=O) groups excluding carboxylic acids is 2. The molecule has 2 bridgehead atoms. The Bertz CT molecular complexity index is 1640. The van der Waals surface area contributed by atoms with Crippen molar-refractivity contribution in [3.8, 4) is 11.5 Å². The van der Waals surface area contributed by atoms with Crippen molar-refractivity contribution in [2.75, 3.05) is 27.2 Å². The van der Waals surface area contributed by atoms with Gasteiger partial charge in [-0.05, 0) is 73.9 Å². The highest BCUT2D eigenvalue weighted by Crippen LogP contribution is 2.64. The topological polar surface area (TPSA) is 68.3 Å². The number of nitrogens with zero attached hydrogens (tertiary/aromatic N) is 2. The van der Waals surface area contributed by atoms with Gasteiger partial charge in [-0.3, -0.25) is 14.5 Å². The number of amides is 1. The van der Waals surface area contributed by atoms with Gasteiger partial charge >= 0.3 is 5.97 Å². The Morgan fingerprint density at radius 2 is 1.93 bits per heavy atom. The van der Waals surface area contributed by atoms with E-state index in [4.69, 9.17) is 14.2 Å². The Morgan fingerprint density at radius 3 is 2.69 bits per heavy atom. The summed E-state index contributed by atoms with van der Waals surface area (Å²) in [5.74, 6) is 1.70. The lowest BCUT2D eigenvalue weighted by atomic mass is 9.51. The van der Waals surface area contributed by atoms with Crippen LogP contribution in [0.3, 0.4) is 0 Å². The first kappa shape index (κ1) is 29.6. The Hall–Kier alpha value is -4.10. The van der Waals surface area contributed by atoms with Gasteiger partial charge in [-0.2, -0.15) is 0 Å². The van der Waals surface area contributed by atoms with E-state index in [1.807, 2.05) is 66.6 Å². The third-order valence-corrected chi connectivity index (χ3v) is 10.8. The van der Waals surface area contributed by atoms with E-state index >= 15 is 0 Å². The van der Waals surface area contributed by atoms with Crippen LogP contribution in [0, 0.1) is 12.8 Å². The zero-order chi connectivity index (χ0) is 31.3. The maximum absolute atomic E-state index is 13.6. The standard InChI is InChI=1S/C38H42N2O5/c1-24-9-8-10-26(21-24)13-18-34(42)39(3)30-16-15-29-31-22-28-14-17-32(43-4)36-35(28)38(29,37(30)45-36)19-20-40(31)23-33(44-25(2)41)27-11-6-5-7-12-27/h5-14,17-18,21,29-31,33,37H,15-16,19-20,22-23H2,1-4H3/t29-,30-,31+,33?,37-,38-/m0/s1. The molecule has 0 N–H and O–H groups in total. The Balaban J connectivity index is 1.21. The Kier molecular flexibility index (Phi) is 7.68. The number of hydrogen-bond acceptors (Lipinski definition) is 6. The number of carbonyl (C=O) groups is 2. The maximum atomic E-state index is 13.6. The quantitative estimate of drug-likeness (QED) is 0.236. The summed E-state index contributed by atoms with van der Waals surface area (Å²) in [7, 11) is 3.63. The summed E-state index contributed by atoms with van der Waals surface area (Å²) in [6.45, 7) is 5.06. The first-order valence-electron chi connectivity index (χ1n) is 16.1. The smallest absolute Gasteiger partial charge is 0.303 e. The first-order chi connectivity index (χ1) is 21.8. The molecule has 7 rings (SSSR count). The molecule has 1 saturated carbocycles. The van der Waals surface area contributed by atoms with Crippen molar-refractivity contribution in [3.63, 3.8) is 0 Å². The average molecular weight is 607 g/mol. The van der Waals surface area contributed by atoms with E-state index in [1.54, 1.807) is 13.2 Å². The molecule has 2 aliphatic carbocycles. The molecule has 2 aliphatic heterocycles. The zero-order valence-electron chi connectivity index (χ0n) is 26.6. The summed E-state index contributed by atoms with van der Waals surface area (Å²) in [5.41, 5.74) is 5.59. The highest BCUT2D eigenvalue weighted by Gasteiger charge is 2.66. The molecule has 6 atom stereocenters. The van der Waals surface area contributed by atoms with Gasteiger partial charge < -0.3 is 19.1 Å². The van der Waals surface area contributed by atoms with Crippen molar-refractivity contribution in [1.29, 1.82) is 0 Å². The van der Waals surface area contributed by atoms with Gasteiger partial charge in [0.25, 0.3) is 0 Å². The number of benzene rings is 3. The summed E-state index contributed by atoms with van der Waals surface area (Å²) < 4.78 is 18.7. The van der Waals surface area contributed by atoms with E-state index in [0.29, 0.717) is 12.5 Å². The second-order valence-corrected chi connectivity index (χ2v) is 13.2. The molecular formula is C38H42N2O5. The molecule has 0 aromatic heterocycles. The molecule has 7 nitrogen and oxygen atoms in total. The minimum absolute atomic E-state index is 0.0139. The number of piperidine rings is 1. The van der Waals surface area contributed by atoms with E-state index < -0.39 is 0 Å². The first-order valence-corrected chi connectivity index (χ1v) is 16.1. The molecule has 45 heavy (non-hydrogen) atoms. The summed E-state index contributed by atoms with van der Waals surface area (Å²) in [6, 6.07) is 22.7. The molecule has 1 unspecified atom stereocenters. The lowest BCUT2D eigenvalue weighted by Crippen LogP contribution is -2.69. The van der Waals surface area contributed by atoms with Crippen LogP contribution in [0.5, 0.6) is 11.5 Å². The van der Waals surface area contributed by atoms with Gasteiger partial charge in [0.2, 0.25) is 5.91 Å². The normalized spacial score (nSPS) is 26.9. The van der Waals surface area contributed by atoms with E-state index in [-0.39, 0.29) is 41.6 Å². The number of hydrogen-bond donors (Lipinski definition) is 0. The van der Waals surface area contributed by atoms with Gasteiger partial charge in [0, 0.05) is 43.6 Å². The van der Waals surface area contributed by atoms with Crippen LogP contribution >= 0.6 is 0 Å². The fourth-order valence-electron chi connectivity index (χ4n) is 8.89. The fourth-order valence-corrected chi connectivity index (χ4v) is 8.89.